The Balaban J connectivity index is 3.04. The van der Waals surface area contributed by atoms with Crippen molar-refractivity contribution in [3.05, 3.63) is 21.6 Å². The van der Waals surface area contributed by atoms with E-state index in [0.717, 1.165) is 0 Å². The summed E-state index contributed by atoms with van der Waals surface area (Å²) in [7, 11) is -3.18. The first kappa shape index (κ1) is 13.6. The van der Waals surface area contributed by atoms with Crippen molar-refractivity contribution in [2.45, 2.75) is 26.7 Å². The summed E-state index contributed by atoms with van der Waals surface area (Å²) in [5.74, 6) is -0.414. The Bertz CT molecular complexity index is 520. The van der Waals surface area contributed by atoms with Gasteiger partial charge < -0.3 is 10.1 Å². The Labute approximate surface area is 99.3 Å². The van der Waals surface area contributed by atoms with Gasteiger partial charge >= 0.3 is 5.82 Å². The first-order valence-corrected chi connectivity index (χ1v) is 7.00. The molecule has 1 unspecified atom stereocenters. The molecule has 0 spiro atoms. The highest BCUT2D eigenvalue weighted by Crippen LogP contribution is 2.25. The van der Waals surface area contributed by atoms with Gasteiger partial charge in [-0.15, -0.1) is 0 Å². The topological polar surface area (TPSA) is 106 Å². The molecule has 0 saturated heterocycles. The molecule has 0 amide bonds. The summed E-state index contributed by atoms with van der Waals surface area (Å²) < 4.78 is 22.9. The van der Waals surface area contributed by atoms with Crippen molar-refractivity contribution in [3.63, 3.8) is 0 Å². The molecule has 96 valence electrons. The maximum absolute atomic E-state index is 11.5. The number of H-pyrrole nitrogens is 1. The normalized spacial score (nSPS) is 13.6. The van der Waals surface area contributed by atoms with Gasteiger partial charge in [-0.1, -0.05) is 13.8 Å². The van der Waals surface area contributed by atoms with Crippen molar-refractivity contribution in [3.8, 4) is 0 Å². The fourth-order valence-corrected chi connectivity index (χ4v) is 2.71. The quantitative estimate of drug-likeness (QED) is 0.632. The summed E-state index contributed by atoms with van der Waals surface area (Å²) in [6.07, 6.45) is 0. The summed E-state index contributed by atoms with van der Waals surface area (Å²) in [4.78, 5) is 16.7. The van der Waals surface area contributed by atoms with E-state index in [9.17, 15) is 18.5 Å². The van der Waals surface area contributed by atoms with Crippen molar-refractivity contribution < 1.29 is 13.3 Å². The van der Waals surface area contributed by atoms with Crippen LogP contribution in [0.5, 0.6) is 0 Å². The van der Waals surface area contributed by atoms with Crippen LogP contribution in [0.15, 0.2) is 0 Å². The number of aromatic amines is 1. The van der Waals surface area contributed by atoms with Crippen molar-refractivity contribution in [2.24, 2.45) is 0 Å². The molecule has 1 heterocycles. The molecule has 0 aliphatic carbocycles. The number of nitrogens with zero attached hydrogens (tertiary/aromatic N) is 2. The summed E-state index contributed by atoms with van der Waals surface area (Å²) in [6, 6.07) is 0. The van der Waals surface area contributed by atoms with Crippen molar-refractivity contribution in [1.82, 2.24) is 9.97 Å². The number of nitrogens with one attached hydrogen (secondary N) is 1. The van der Waals surface area contributed by atoms with E-state index in [0.29, 0.717) is 5.82 Å². The smallest absolute Gasteiger partial charge is 0.344 e. The standard InChI is InChI=1S/C9H15N3O4S/c1-4-17(15,16)5-6(2)8-9(12(13)14)11-7(3)10-8/h6H,4-5H2,1-3H3,(H,10,11). The Morgan fingerprint density at radius 3 is 2.59 bits per heavy atom. The summed E-state index contributed by atoms with van der Waals surface area (Å²) in [5, 5.41) is 10.8. The van der Waals surface area contributed by atoms with Crippen LogP contribution in [0.2, 0.25) is 0 Å². The second-order valence-corrected chi connectivity index (χ2v) is 6.31. The van der Waals surface area contributed by atoms with E-state index in [-0.39, 0.29) is 23.0 Å². The van der Waals surface area contributed by atoms with Gasteiger partial charge in [-0.2, -0.15) is 0 Å². The minimum absolute atomic E-state index is 0.0224. The SMILES string of the molecule is CCS(=O)(=O)CC(C)c1nc(C)[nH]c1[N+](=O)[O-]. The van der Waals surface area contributed by atoms with E-state index in [1.54, 1.807) is 20.8 Å². The average molecular weight is 261 g/mol. The van der Waals surface area contributed by atoms with Crippen molar-refractivity contribution >= 4 is 15.7 Å². The number of imidazole rings is 1. The van der Waals surface area contributed by atoms with E-state index in [4.69, 9.17) is 0 Å². The molecule has 0 radical (unpaired) electrons. The van der Waals surface area contributed by atoms with E-state index < -0.39 is 20.7 Å². The first-order valence-electron chi connectivity index (χ1n) is 5.18. The summed E-state index contributed by atoms with van der Waals surface area (Å²) in [6.45, 7) is 4.76. The minimum atomic E-state index is -3.18. The van der Waals surface area contributed by atoms with E-state index in [1.165, 1.54) is 0 Å². The average Bonchev–Trinajstić information content (AvgIpc) is 2.60. The molecule has 1 N–H and O–H groups in total. The second-order valence-electron chi connectivity index (χ2n) is 3.91. The summed E-state index contributed by atoms with van der Waals surface area (Å²) >= 11 is 0. The van der Waals surface area contributed by atoms with Gasteiger partial charge in [0.25, 0.3) is 0 Å². The molecule has 0 aliphatic heterocycles. The minimum Gasteiger partial charge on any atom is -0.358 e. The molecule has 8 heteroatoms. The van der Waals surface area contributed by atoms with Crippen LogP contribution in [-0.2, 0) is 9.84 Å². The zero-order valence-electron chi connectivity index (χ0n) is 9.93. The van der Waals surface area contributed by atoms with Gasteiger partial charge in [0.1, 0.15) is 5.69 Å². The molecule has 1 rings (SSSR count). The lowest BCUT2D eigenvalue weighted by atomic mass is 10.1. The first-order chi connectivity index (χ1) is 7.76. The predicted octanol–water partition coefficient (Wildman–Crippen LogP) is 1.16. The van der Waals surface area contributed by atoms with Crippen LogP contribution in [0.25, 0.3) is 0 Å². The third kappa shape index (κ3) is 3.26. The van der Waals surface area contributed by atoms with Crippen LogP contribution in [0, 0.1) is 17.0 Å². The van der Waals surface area contributed by atoms with Crippen LogP contribution in [-0.4, -0.2) is 34.8 Å². The predicted molar refractivity (Wildman–Crippen MR) is 62.7 cm³/mol. The van der Waals surface area contributed by atoms with Crippen LogP contribution in [0.4, 0.5) is 5.82 Å². The molecular weight excluding hydrogens is 246 g/mol. The maximum Gasteiger partial charge on any atom is 0.344 e. The van der Waals surface area contributed by atoms with E-state index in [2.05, 4.69) is 9.97 Å². The van der Waals surface area contributed by atoms with Gasteiger partial charge in [0.15, 0.2) is 15.7 Å². The number of rotatable bonds is 5. The lowest BCUT2D eigenvalue weighted by Gasteiger charge is -2.08. The van der Waals surface area contributed by atoms with Crippen LogP contribution in [0.3, 0.4) is 0 Å². The molecule has 17 heavy (non-hydrogen) atoms. The number of aryl methyl sites for hydroxylation is 1. The highest BCUT2D eigenvalue weighted by Gasteiger charge is 2.26. The fourth-order valence-electron chi connectivity index (χ4n) is 1.56. The molecule has 0 aromatic carbocycles. The molecule has 0 saturated carbocycles. The highest BCUT2D eigenvalue weighted by molar-refractivity contribution is 7.91. The lowest BCUT2D eigenvalue weighted by molar-refractivity contribution is -0.390. The van der Waals surface area contributed by atoms with Crippen LogP contribution in [0.1, 0.15) is 31.3 Å². The third-order valence-corrected chi connectivity index (χ3v) is 4.31. The Hall–Kier alpha value is -1.44. The Morgan fingerprint density at radius 2 is 2.12 bits per heavy atom. The number of sulfone groups is 1. The number of aromatic nitrogens is 2. The van der Waals surface area contributed by atoms with Gasteiger partial charge in [-0.25, -0.2) is 18.4 Å². The zero-order chi connectivity index (χ0) is 13.2. The second kappa shape index (κ2) is 4.82. The molecule has 1 aromatic heterocycles. The molecule has 0 bridgehead atoms. The van der Waals surface area contributed by atoms with Gasteiger partial charge in [0, 0.05) is 18.6 Å². The van der Waals surface area contributed by atoms with Gasteiger partial charge in [0.2, 0.25) is 0 Å². The number of hydrogen-bond acceptors (Lipinski definition) is 5. The van der Waals surface area contributed by atoms with Crippen LogP contribution >= 0.6 is 0 Å². The zero-order valence-corrected chi connectivity index (χ0v) is 10.7. The fraction of sp³-hybridized carbons (Fsp3) is 0.667. The Kier molecular flexibility index (Phi) is 3.87. The van der Waals surface area contributed by atoms with Gasteiger partial charge in [-0.3, -0.25) is 0 Å². The molecule has 0 fully saturated rings. The molecular formula is C9H15N3O4S. The third-order valence-electron chi connectivity index (χ3n) is 2.42. The van der Waals surface area contributed by atoms with E-state index >= 15 is 0 Å². The summed E-state index contributed by atoms with van der Waals surface area (Å²) in [5.41, 5.74) is 0.199. The molecule has 1 atom stereocenters. The number of nitro groups is 1. The van der Waals surface area contributed by atoms with Crippen molar-refractivity contribution in [2.75, 3.05) is 11.5 Å². The van der Waals surface area contributed by atoms with Crippen LogP contribution < -0.4 is 0 Å². The largest absolute Gasteiger partial charge is 0.358 e. The van der Waals surface area contributed by atoms with E-state index in [1.807, 2.05) is 0 Å². The maximum atomic E-state index is 11.5. The molecule has 0 aliphatic rings. The van der Waals surface area contributed by atoms with Crippen molar-refractivity contribution in [1.29, 1.82) is 0 Å². The molecule has 1 aromatic rings. The monoisotopic (exact) mass is 261 g/mol. The Morgan fingerprint density at radius 1 is 1.53 bits per heavy atom. The number of hydrogen-bond donors (Lipinski definition) is 1. The lowest BCUT2D eigenvalue weighted by Crippen LogP contribution is -2.15. The van der Waals surface area contributed by atoms with Gasteiger partial charge in [0.05, 0.1) is 5.75 Å². The van der Waals surface area contributed by atoms with Gasteiger partial charge in [-0.05, 0) is 4.92 Å². The highest BCUT2D eigenvalue weighted by atomic mass is 32.2. The molecule has 7 nitrogen and oxygen atoms in total.